The monoisotopic (exact) mass is 715 g/mol. The number of carbonyl (C=O) groups is 2. The number of nitrogens with zero attached hydrogens (tertiary/aromatic N) is 1. The van der Waals surface area contributed by atoms with Gasteiger partial charge in [0.15, 0.2) is 0 Å². The van der Waals surface area contributed by atoms with Gasteiger partial charge >= 0.3 is 12.2 Å². The summed E-state index contributed by atoms with van der Waals surface area (Å²) in [7, 11) is 0. The number of rotatable bonds is 37. The maximum atomic E-state index is 13.0. The lowest BCUT2D eigenvalue weighted by molar-refractivity contribution is 0.0992. The van der Waals surface area contributed by atoms with Gasteiger partial charge in [0.05, 0.1) is 13.2 Å². The van der Waals surface area contributed by atoms with Crippen molar-refractivity contribution in [2.45, 2.75) is 194 Å². The Morgan fingerprint density at radius 2 is 0.843 bits per heavy atom. The molecular weight excluding hydrogens is 633 g/mol. The van der Waals surface area contributed by atoms with Gasteiger partial charge in [0.25, 0.3) is 0 Å². The highest BCUT2D eigenvalue weighted by molar-refractivity contribution is 5.67. The molecule has 0 fully saturated rings. The fraction of sp³-hybridized carbons (Fsp3) is 0.778. The molecule has 0 radical (unpaired) electrons. The van der Waals surface area contributed by atoms with Crippen molar-refractivity contribution >= 4 is 12.2 Å². The number of amides is 2. The van der Waals surface area contributed by atoms with Crippen LogP contribution in [0.4, 0.5) is 9.59 Å². The first-order valence-electron chi connectivity index (χ1n) is 21.6. The zero-order valence-electron chi connectivity index (χ0n) is 33.8. The largest absolute Gasteiger partial charge is 0.450 e. The Hall–Kier alpha value is -2.50. The molecule has 1 N–H and O–H groups in total. The predicted molar refractivity (Wildman–Crippen MR) is 221 cm³/mol. The van der Waals surface area contributed by atoms with Crippen LogP contribution in [0.25, 0.3) is 0 Å². The first-order chi connectivity index (χ1) is 25.2. The lowest BCUT2D eigenvalue weighted by Crippen LogP contribution is -2.34. The summed E-state index contributed by atoms with van der Waals surface area (Å²) >= 11 is 0. The van der Waals surface area contributed by atoms with Crippen LogP contribution in [0.5, 0.6) is 0 Å². The highest BCUT2D eigenvalue weighted by Gasteiger charge is 2.14. The highest BCUT2D eigenvalue weighted by Crippen LogP contribution is 2.12. The SMILES string of the molecule is CCCCC/C=C\C/C=C\CCCCCCCCN(CCCCCCCC/C=C\C/C=C\CCCCC)C(=O)OCCCNC(=O)OCCCC. The van der Waals surface area contributed by atoms with E-state index in [9.17, 15) is 9.59 Å². The van der Waals surface area contributed by atoms with Crippen LogP contribution in [-0.2, 0) is 9.47 Å². The fourth-order valence-corrected chi connectivity index (χ4v) is 5.75. The Balaban J connectivity index is 4.23. The van der Waals surface area contributed by atoms with Crippen molar-refractivity contribution < 1.29 is 19.1 Å². The van der Waals surface area contributed by atoms with Crippen molar-refractivity contribution in [2.75, 3.05) is 32.8 Å². The van der Waals surface area contributed by atoms with Crippen LogP contribution in [-0.4, -0.2) is 49.9 Å². The van der Waals surface area contributed by atoms with Gasteiger partial charge < -0.3 is 19.7 Å². The summed E-state index contributed by atoms with van der Waals surface area (Å²) in [5.74, 6) is 0. The van der Waals surface area contributed by atoms with Gasteiger partial charge in [-0.25, -0.2) is 9.59 Å². The molecule has 0 bridgehead atoms. The van der Waals surface area contributed by atoms with E-state index in [1.165, 1.54) is 116 Å². The molecule has 0 rings (SSSR count). The van der Waals surface area contributed by atoms with Crippen LogP contribution >= 0.6 is 0 Å². The average Bonchev–Trinajstić information content (AvgIpc) is 3.13. The van der Waals surface area contributed by atoms with Crippen LogP contribution in [0.2, 0.25) is 0 Å². The summed E-state index contributed by atoms with van der Waals surface area (Å²) < 4.78 is 10.7. The Morgan fingerprint density at radius 1 is 0.451 bits per heavy atom. The zero-order valence-corrected chi connectivity index (χ0v) is 33.8. The lowest BCUT2D eigenvalue weighted by atomic mass is 10.1. The lowest BCUT2D eigenvalue weighted by Gasteiger charge is -2.22. The average molecular weight is 715 g/mol. The fourth-order valence-electron chi connectivity index (χ4n) is 5.75. The van der Waals surface area contributed by atoms with E-state index in [4.69, 9.17) is 9.47 Å². The summed E-state index contributed by atoms with van der Waals surface area (Å²) in [5, 5.41) is 2.74. The number of alkyl carbamates (subject to hydrolysis) is 1. The van der Waals surface area contributed by atoms with Gasteiger partial charge in [0, 0.05) is 19.6 Å². The number of hydrogen-bond acceptors (Lipinski definition) is 4. The van der Waals surface area contributed by atoms with Crippen LogP contribution in [0.1, 0.15) is 194 Å². The predicted octanol–water partition coefficient (Wildman–Crippen LogP) is 14.0. The van der Waals surface area contributed by atoms with E-state index < -0.39 is 6.09 Å². The maximum absolute atomic E-state index is 13.0. The number of allylic oxidation sites excluding steroid dienone is 8. The minimum Gasteiger partial charge on any atom is -0.450 e. The molecule has 0 aliphatic heterocycles. The molecule has 0 aromatic carbocycles. The van der Waals surface area contributed by atoms with E-state index in [1.807, 2.05) is 4.90 Å². The van der Waals surface area contributed by atoms with Gasteiger partial charge in [0.2, 0.25) is 0 Å². The molecule has 51 heavy (non-hydrogen) atoms. The molecule has 0 atom stereocenters. The standard InChI is InChI=1S/C45H82N2O4/c1-4-7-10-12-14-16-18-20-22-24-26-28-30-32-34-36-40-47(45(49)51-43-38-39-46-44(48)50-42-9-6-3)41-37-35-33-31-29-27-25-23-21-19-17-15-13-11-8-5-2/h14-17,20-23H,4-13,18-19,24-43H2,1-3H3,(H,46,48)/b16-14-,17-15-,22-20-,23-21-. The number of unbranched alkanes of at least 4 members (excludes halogenated alkanes) is 19. The molecule has 0 spiro atoms. The Bertz CT molecular complexity index is 818. The molecule has 0 unspecified atom stereocenters. The third-order valence-corrected chi connectivity index (χ3v) is 9.06. The Kier molecular flexibility index (Phi) is 39.9. The molecule has 0 aromatic rings. The summed E-state index contributed by atoms with van der Waals surface area (Å²) in [6.07, 6.45) is 49.5. The second-order valence-electron chi connectivity index (χ2n) is 14.0. The smallest absolute Gasteiger partial charge is 0.409 e. The van der Waals surface area contributed by atoms with Crippen LogP contribution in [0, 0.1) is 0 Å². The molecule has 0 aliphatic rings. The Morgan fingerprint density at radius 3 is 1.29 bits per heavy atom. The van der Waals surface area contributed by atoms with E-state index in [0.29, 0.717) is 26.2 Å². The molecule has 2 amide bonds. The highest BCUT2D eigenvalue weighted by atomic mass is 16.6. The first-order valence-corrected chi connectivity index (χ1v) is 21.6. The minimum atomic E-state index is -0.397. The third-order valence-electron chi connectivity index (χ3n) is 9.06. The summed E-state index contributed by atoms with van der Waals surface area (Å²) in [5.41, 5.74) is 0. The molecule has 0 aliphatic carbocycles. The van der Waals surface area contributed by atoms with Gasteiger partial charge in [-0.2, -0.15) is 0 Å². The van der Waals surface area contributed by atoms with Crippen LogP contribution in [0.15, 0.2) is 48.6 Å². The van der Waals surface area contributed by atoms with Gasteiger partial charge in [-0.05, 0) is 89.9 Å². The molecule has 0 aromatic heterocycles. The van der Waals surface area contributed by atoms with E-state index in [2.05, 4.69) is 74.7 Å². The molecule has 0 heterocycles. The van der Waals surface area contributed by atoms with Gasteiger partial charge in [0.1, 0.15) is 0 Å². The third kappa shape index (κ3) is 38.6. The van der Waals surface area contributed by atoms with Crippen molar-refractivity contribution in [3.8, 4) is 0 Å². The molecule has 296 valence electrons. The van der Waals surface area contributed by atoms with E-state index >= 15 is 0 Å². The van der Waals surface area contributed by atoms with Crippen molar-refractivity contribution in [3.05, 3.63) is 48.6 Å². The Labute approximate surface area is 316 Å². The molecule has 6 heteroatoms. The number of nitrogens with one attached hydrogen (secondary N) is 1. The van der Waals surface area contributed by atoms with Crippen molar-refractivity contribution in [3.63, 3.8) is 0 Å². The van der Waals surface area contributed by atoms with Crippen molar-refractivity contribution in [1.82, 2.24) is 10.2 Å². The number of hydrogen-bond donors (Lipinski definition) is 1. The van der Waals surface area contributed by atoms with E-state index in [1.54, 1.807) is 0 Å². The van der Waals surface area contributed by atoms with Gasteiger partial charge in [-0.3, -0.25) is 0 Å². The minimum absolute atomic E-state index is 0.217. The summed E-state index contributed by atoms with van der Waals surface area (Å²) in [6.45, 7) is 9.27. The molecule has 6 nitrogen and oxygen atoms in total. The molecule has 0 saturated heterocycles. The second kappa shape index (κ2) is 41.9. The second-order valence-corrected chi connectivity index (χ2v) is 14.0. The first kappa shape index (κ1) is 48.5. The van der Waals surface area contributed by atoms with Gasteiger partial charge in [-0.1, -0.05) is 153 Å². The van der Waals surface area contributed by atoms with Crippen molar-refractivity contribution in [1.29, 1.82) is 0 Å². The molecule has 0 saturated carbocycles. The summed E-state index contributed by atoms with van der Waals surface area (Å²) in [4.78, 5) is 26.6. The number of ether oxygens (including phenoxy) is 2. The maximum Gasteiger partial charge on any atom is 0.409 e. The van der Waals surface area contributed by atoms with Crippen molar-refractivity contribution in [2.24, 2.45) is 0 Å². The van der Waals surface area contributed by atoms with Crippen LogP contribution in [0.3, 0.4) is 0 Å². The van der Waals surface area contributed by atoms with Crippen LogP contribution < -0.4 is 5.32 Å². The van der Waals surface area contributed by atoms with Gasteiger partial charge in [-0.15, -0.1) is 0 Å². The normalized spacial score (nSPS) is 11.8. The number of carbonyl (C=O) groups excluding carboxylic acids is 2. The molecular formula is C45H82N2O4. The topological polar surface area (TPSA) is 67.9 Å². The van der Waals surface area contributed by atoms with E-state index in [-0.39, 0.29) is 6.09 Å². The quantitative estimate of drug-likeness (QED) is 0.0514. The van der Waals surface area contributed by atoms with E-state index in [0.717, 1.165) is 64.5 Å². The zero-order chi connectivity index (χ0) is 37.1. The summed E-state index contributed by atoms with van der Waals surface area (Å²) in [6, 6.07) is 0.